The summed E-state index contributed by atoms with van der Waals surface area (Å²) in [5.41, 5.74) is 19.5. The Bertz CT molecular complexity index is 3440. The number of fused-ring (bicyclic) bond motifs is 1. The molecule has 9 rings (SSSR count). The SMILES string of the molecule is COc1ccc2c3c1O[C@H]1C(OC(=O)N4CCC(C(=O)NCCCC[C@H](CC(C)=O)C(=O)NCCOc5ccc(C(=O)Oc6ccc7cc(C(=N)N)ccc7c6)cc5)CC4CCC(=O)[C@@H](CCCN=C(N)N)NC(=O)CCC(C)=O)=CC[C@H]4[C@@H](C2)N(C)CC[C@]314. The van der Waals surface area contributed by atoms with Crippen LogP contribution in [0.25, 0.3) is 10.8 Å². The number of allylic oxidation sites excluding steroid dienone is 1. The Morgan fingerprint density at radius 2 is 1.58 bits per heavy atom. The van der Waals surface area contributed by atoms with Gasteiger partial charge in [0, 0.05) is 85.8 Å². The first-order chi connectivity index (χ1) is 43.2. The molecule has 10 N–H and O–H groups in total. The molecule has 2 unspecified atom stereocenters. The van der Waals surface area contributed by atoms with E-state index in [9.17, 15) is 38.4 Å². The number of amides is 4. The minimum Gasteiger partial charge on any atom is -0.493 e. The number of ether oxygens (including phenoxy) is 5. The molecule has 0 saturated carbocycles. The number of amidine groups is 1. The Hall–Kier alpha value is -8.86. The molecule has 23 nitrogen and oxygen atoms in total. The average molecular weight is 1240 g/mol. The Morgan fingerprint density at radius 3 is 2.32 bits per heavy atom. The second-order valence-corrected chi connectivity index (χ2v) is 24.4. The summed E-state index contributed by atoms with van der Waals surface area (Å²) in [6.07, 6.45) is 5.86. The fraction of sp³-hybridized carbons (Fsp3) is 0.493. The van der Waals surface area contributed by atoms with Gasteiger partial charge < -0.3 is 76.2 Å². The van der Waals surface area contributed by atoms with Crippen LogP contribution in [0.5, 0.6) is 23.0 Å². The molecule has 8 atom stereocenters. The molecule has 0 radical (unpaired) electrons. The predicted molar refractivity (Wildman–Crippen MR) is 336 cm³/mol. The Labute approximate surface area is 524 Å². The number of rotatable bonds is 30. The van der Waals surface area contributed by atoms with Crippen molar-refractivity contribution in [3.8, 4) is 23.0 Å². The minimum absolute atomic E-state index is 0.0205. The van der Waals surface area contributed by atoms with Crippen LogP contribution in [0.15, 0.2) is 89.6 Å². The van der Waals surface area contributed by atoms with Gasteiger partial charge in [-0.15, -0.1) is 0 Å². The monoisotopic (exact) mass is 1240 g/mol. The van der Waals surface area contributed by atoms with E-state index in [1.54, 1.807) is 72.7 Å². The van der Waals surface area contributed by atoms with Crippen LogP contribution in [0, 0.1) is 23.2 Å². The van der Waals surface area contributed by atoms with Crippen molar-refractivity contribution in [3.63, 3.8) is 0 Å². The quantitative estimate of drug-likeness (QED) is 0.0102. The number of esters is 1. The number of aliphatic imine (C=N–C) groups is 1. The number of ketones is 3. The lowest BCUT2D eigenvalue weighted by atomic mass is 9.53. The van der Waals surface area contributed by atoms with Crippen LogP contribution in [0.1, 0.15) is 131 Å². The predicted octanol–water partition coefficient (Wildman–Crippen LogP) is 6.07. The molecule has 0 aromatic heterocycles. The number of methoxy groups -OCH3 is 1. The molecular weight excluding hydrogens is 1150 g/mol. The maximum Gasteiger partial charge on any atom is 0.415 e. The molecule has 2 saturated heterocycles. The molecule has 5 aliphatic rings. The van der Waals surface area contributed by atoms with E-state index in [4.69, 9.17) is 46.3 Å². The largest absolute Gasteiger partial charge is 0.493 e. The maximum atomic E-state index is 14.8. The lowest BCUT2D eigenvalue weighted by Gasteiger charge is -2.56. The average Bonchev–Trinajstić information content (AvgIpc) is 1.46. The number of guanidine groups is 1. The van der Waals surface area contributed by atoms with E-state index < -0.39 is 53.4 Å². The third-order valence-corrected chi connectivity index (χ3v) is 18.3. The van der Waals surface area contributed by atoms with E-state index in [2.05, 4.69) is 39.0 Å². The normalized spacial score (nSPS) is 21.0. The van der Waals surface area contributed by atoms with Gasteiger partial charge in [-0.25, -0.2) is 9.59 Å². The fourth-order valence-corrected chi connectivity index (χ4v) is 13.7. The van der Waals surface area contributed by atoms with Gasteiger partial charge in [0.05, 0.1) is 25.3 Å². The number of nitrogens with one attached hydrogen (secondary N) is 4. The van der Waals surface area contributed by atoms with Gasteiger partial charge in [-0.1, -0.05) is 30.7 Å². The van der Waals surface area contributed by atoms with Crippen molar-refractivity contribution >= 4 is 69.7 Å². The number of carbonyl (C=O) groups excluding carboxylic acids is 8. The topological polar surface area (TPSA) is 340 Å². The molecule has 3 aliphatic heterocycles. The molecule has 90 heavy (non-hydrogen) atoms. The summed E-state index contributed by atoms with van der Waals surface area (Å²) in [4.78, 5) is 114. The van der Waals surface area contributed by atoms with Crippen LogP contribution < -0.4 is 52.1 Å². The van der Waals surface area contributed by atoms with Crippen molar-refractivity contribution in [1.82, 2.24) is 25.8 Å². The van der Waals surface area contributed by atoms with E-state index in [1.807, 2.05) is 12.1 Å². The molecule has 2 aliphatic carbocycles. The summed E-state index contributed by atoms with van der Waals surface area (Å²) in [5.74, 6) is -0.574. The number of unbranched alkanes of at least 4 members (excludes halogenated alkanes) is 1. The minimum atomic E-state index is -0.916. The molecule has 23 heteroatoms. The number of nitrogens with two attached hydrogens (primary N) is 3. The molecule has 4 aromatic rings. The molecule has 4 aromatic carbocycles. The number of hydrogen-bond acceptors (Lipinski definition) is 16. The Morgan fingerprint density at radius 1 is 0.822 bits per heavy atom. The first-order valence-electron chi connectivity index (χ1n) is 31.2. The highest BCUT2D eigenvalue weighted by molar-refractivity contribution is 6.00. The van der Waals surface area contributed by atoms with Gasteiger partial charge >= 0.3 is 12.1 Å². The van der Waals surface area contributed by atoms with Crippen LogP contribution in [-0.2, 0) is 45.3 Å². The number of nitrogen functional groups attached to an aromatic ring is 1. The molecule has 2 bridgehead atoms. The lowest BCUT2D eigenvalue weighted by molar-refractivity contribution is -0.129. The van der Waals surface area contributed by atoms with E-state index in [1.165, 1.54) is 19.4 Å². The standard InChI is InChI=1S/C67H84N10O13/c1-39(78)10-25-57(81)75-52(9-7-29-74-65(70)71)54(80)22-17-48-36-47(26-31-77(48)66(85)89-56-24-21-51-53-38-44-16-23-55(86-4)59-58(44)67(51,60(56)90-59)27-32-76(53)3)63(83)72-28-6-5-8-46(34-40(2)79)62(82)73-30-33-87-49-18-13-41(14-19-49)64(84)88-50-20-15-42-35-45(61(68)69)12-11-43(42)37-50/h11-16,18-20,23-24,35,37,46-48,51-53,60H,5-10,17,21-22,25-34,36,38H2,1-4H3,(H3,68,69)(H,72,83)(H,73,82)(H,75,81)(H4,70,71,74)/t46-,47?,48?,51+,52-,53-,60+,67+/m1/s1. The molecule has 4 amide bonds. The highest BCUT2D eigenvalue weighted by Gasteiger charge is 2.65. The van der Waals surface area contributed by atoms with Gasteiger partial charge in [0.25, 0.3) is 0 Å². The molecule has 480 valence electrons. The van der Waals surface area contributed by atoms with Crippen molar-refractivity contribution in [3.05, 3.63) is 107 Å². The van der Waals surface area contributed by atoms with E-state index >= 15 is 0 Å². The third kappa shape index (κ3) is 15.6. The smallest absolute Gasteiger partial charge is 0.415 e. The van der Waals surface area contributed by atoms with Crippen molar-refractivity contribution in [2.45, 2.75) is 140 Å². The zero-order valence-corrected chi connectivity index (χ0v) is 51.8. The van der Waals surface area contributed by atoms with Crippen LogP contribution in [-0.4, -0.2) is 146 Å². The summed E-state index contributed by atoms with van der Waals surface area (Å²) in [6, 6.07) is 19.7. The number of piperidine rings is 2. The molecular formula is C67H84N10O13. The van der Waals surface area contributed by atoms with E-state index in [0.717, 1.165) is 35.7 Å². The van der Waals surface area contributed by atoms with E-state index in [0.29, 0.717) is 85.0 Å². The second-order valence-electron chi connectivity index (χ2n) is 24.4. The van der Waals surface area contributed by atoms with Crippen LogP contribution in [0.4, 0.5) is 4.79 Å². The number of benzene rings is 4. The number of hydrogen-bond donors (Lipinski definition) is 7. The lowest BCUT2D eigenvalue weighted by Crippen LogP contribution is -2.63. The number of likely N-dealkylation sites (tertiary alicyclic amines) is 2. The van der Waals surface area contributed by atoms with Crippen LogP contribution in [0.3, 0.4) is 0 Å². The second kappa shape index (κ2) is 29.6. The van der Waals surface area contributed by atoms with Gasteiger partial charge in [0.15, 0.2) is 29.3 Å². The van der Waals surface area contributed by atoms with Gasteiger partial charge in [-0.05, 0) is 169 Å². The number of nitrogens with zero attached hydrogens (tertiary/aromatic N) is 3. The van der Waals surface area contributed by atoms with Gasteiger partial charge in [0.1, 0.15) is 41.3 Å². The van der Waals surface area contributed by atoms with E-state index in [-0.39, 0.29) is 124 Å². The van der Waals surface area contributed by atoms with Crippen molar-refractivity contribution in [1.29, 1.82) is 5.41 Å². The zero-order chi connectivity index (χ0) is 64.2. The summed E-state index contributed by atoms with van der Waals surface area (Å²) in [7, 11) is 3.79. The van der Waals surface area contributed by atoms with Gasteiger partial charge in [0.2, 0.25) is 17.7 Å². The summed E-state index contributed by atoms with van der Waals surface area (Å²) >= 11 is 0. The Kier molecular flexibility index (Phi) is 21.6. The molecule has 2 fully saturated rings. The first-order valence-corrected chi connectivity index (χ1v) is 31.2. The van der Waals surface area contributed by atoms with Crippen molar-refractivity contribution in [2.24, 2.45) is 39.9 Å². The third-order valence-electron chi connectivity index (χ3n) is 18.3. The first kappa shape index (κ1) is 65.6. The molecule has 1 spiro atoms. The van der Waals surface area contributed by atoms with Crippen LogP contribution >= 0.6 is 0 Å². The number of likely N-dealkylation sites (N-methyl/N-ethyl adjacent to an activating group) is 1. The zero-order valence-electron chi connectivity index (χ0n) is 51.8. The number of Topliss-reactive ketones (excluding diaryl/α,β-unsaturated/α-hetero) is 3. The molecule has 3 heterocycles. The van der Waals surface area contributed by atoms with Gasteiger partial charge in [-0.3, -0.25) is 29.6 Å². The highest BCUT2D eigenvalue weighted by atomic mass is 16.6. The van der Waals surface area contributed by atoms with Crippen LogP contribution in [0.2, 0.25) is 0 Å². The van der Waals surface area contributed by atoms with Crippen molar-refractivity contribution < 1.29 is 62.0 Å². The summed E-state index contributed by atoms with van der Waals surface area (Å²) in [5, 5.41) is 18.1. The fourth-order valence-electron chi connectivity index (χ4n) is 13.7. The van der Waals surface area contributed by atoms with Crippen molar-refractivity contribution in [2.75, 3.05) is 53.5 Å². The Balaban J connectivity index is 0.781. The summed E-state index contributed by atoms with van der Waals surface area (Å²) in [6.45, 7) is 4.64. The maximum absolute atomic E-state index is 14.8. The summed E-state index contributed by atoms with van der Waals surface area (Å²) < 4.78 is 30.6. The number of carbonyl (C=O) groups is 8. The van der Waals surface area contributed by atoms with Gasteiger partial charge in [-0.2, -0.15) is 0 Å². The highest BCUT2D eigenvalue weighted by Crippen LogP contribution is 2.64.